The van der Waals surface area contributed by atoms with Crippen LogP contribution < -0.4 is 5.32 Å². The summed E-state index contributed by atoms with van der Waals surface area (Å²) in [5, 5.41) is 3.73. The molecule has 0 saturated carbocycles. The lowest BCUT2D eigenvalue weighted by Gasteiger charge is -2.44. The van der Waals surface area contributed by atoms with Crippen molar-refractivity contribution in [2.24, 2.45) is 0 Å². The van der Waals surface area contributed by atoms with Gasteiger partial charge in [-0.15, -0.1) is 0 Å². The Labute approximate surface area is 226 Å². The first kappa shape index (κ1) is 26.1. The molecule has 1 amide bonds. The van der Waals surface area contributed by atoms with E-state index in [1.54, 1.807) is 29.2 Å². The van der Waals surface area contributed by atoms with Crippen LogP contribution in [-0.4, -0.2) is 48.3 Å². The van der Waals surface area contributed by atoms with Crippen molar-refractivity contribution in [3.8, 4) is 0 Å². The average Bonchev–Trinajstić information content (AvgIpc) is 3.13. The molecule has 2 aliphatic rings. The predicted octanol–water partition coefficient (Wildman–Crippen LogP) is 4.86. The first-order chi connectivity index (χ1) is 17.7. The van der Waals surface area contributed by atoms with Crippen molar-refractivity contribution in [2.45, 2.75) is 42.4 Å². The molecular weight excluding hydrogens is 536 g/mol. The number of carbonyl (C=O) groups is 1. The van der Waals surface area contributed by atoms with Crippen LogP contribution in [-0.2, 0) is 27.8 Å². The molecule has 1 spiro atoms. The van der Waals surface area contributed by atoms with Crippen molar-refractivity contribution >= 4 is 39.1 Å². The number of rotatable bonds is 6. The van der Waals surface area contributed by atoms with Gasteiger partial charge in [-0.1, -0.05) is 71.7 Å². The molecule has 0 unspecified atom stereocenters. The lowest BCUT2D eigenvalue weighted by Crippen LogP contribution is -2.59. The van der Waals surface area contributed by atoms with Crippen LogP contribution >= 0.6 is 23.2 Å². The highest BCUT2D eigenvalue weighted by Gasteiger charge is 2.52. The Morgan fingerprint density at radius 3 is 2.27 bits per heavy atom. The minimum atomic E-state index is -3.87. The molecule has 2 saturated heterocycles. The zero-order chi connectivity index (χ0) is 26.2. The highest BCUT2D eigenvalue weighted by molar-refractivity contribution is 7.89. The second kappa shape index (κ2) is 10.3. The van der Waals surface area contributed by atoms with Crippen LogP contribution in [0.4, 0.5) is 4.39 Å². The van der Waals surface area contributed by atoms with Gasteiger partial charge >= 0.3 is 0 Å². The van der Waals surface area contributed by atoms with Crippen molar-refractivity contribution in [3.05, 3.63) is 99.8 Å². The molecule has 0 radical (unpaired) electrons. The van der Waals surface area contributed by atoms with Crippen LogP contribution in [0.5, 0.6) is 0 Å². The maximum Gasteiger partial charge on any atom is 0.244 e. The normalized spacial score (nSPS) is 20.0. The summed E-state index contributed by atoms with van der Waals surface area (Å²) in [5.74, 6) is -0.396. The van der Waals surface area contributed by atoms with Crippen LogP contribution in [0.25, 0.3) is 0 Å². The molecule has 0 aliphatic carbocycles. The zero-order valence-electron chi connectivity index (χ0n) is 19.9. The second-order valence-electron chi connectivity index (χ2n) is 9.43. The van der Waals surface area contributed by atoms with Crippen molar-refractivity contribution in [1.29, 1.82) is 0 Å². The van der Waals surface area contributed by atoms with Gasteiger partial charge in [-0.25, -0.2) is 12.8 Å². The van der Waals surface area contributed by atoms with Crippen molar-refractivity contribution in [1.82, 2.24) is 14.5 Å². The van der Waals surface area contributed by atoms with E-state index in [0.717, 1.165) is 11.1 Å². The predicted molar refractivity (Wildman–Crippen MR) is 141 cm³/mol. The lowest BCUT2D eigenvalue weighted by molar-refractivity contribution is -0.134. The monoisotopic (exact) mass is 561 g/mol. The molecule has 1 atom stereocenters. The summed E-state index contributed by atoms with van der Waals surface area (Å²) in [5.41, 5.74) is 1.11. The third-order valence-electron chi connectivity index (χ3n) is 7.14. The minimum Gasteiger partial charge on any atom is -0.319 e. The summed E-state index contributed by atoms with van der Waals surface area (Å²) in [4.78, 5) is 15.4. The second-order valence-corrected chi connectivity index (χ2v) is 12.1. The number of nitrogens with zero attached hydrogens (tertiary/aromatic N) is 2. The van der Waals surface area contributed by atoms with E-state index in [0.29, 0.717) is 25.8 Å². The van der Waals surface area contributed by atoms with Crippen LogP contribution in [0.15, 0.2) is 77.7 Å². The third-order valence-corrected chi connectivity index (χ3v) is 10.0. The molecule has 0 bridgehead atoms. The fraction of sp³-hybridized carbons (Fsp3) is 0.296. The highest BCUT2D eigenvalue weighted by Crippen LogP contribution is 2.38. The molecule has 3 aromatic rings. The lowest BCUT2D eigenvalue weighted by atomic mass is 9.96. The largest absolute Gasteiger partial charge is 0.319 e. The van der Waals surface area contributed by atoms with E-state index in [2.05, 4.69) is 5.32 Å². The zero-order valence-corrected chi connectivity index (χ0v) is 22.2. The fourth-order valence-corrected chi connectivity index (χ4v) is 7.36. The summed E-state index contributed by atoms with van der Waals surface area (Å²) < 4.78 is 41.7. The average molecular weight is 562 g/mol. The van der Waals surface area contributed by atoms with E-state index < -0.39 is 21.7 Å². The van der Waals surface area contributed by atoms with E-state index in [-0.39, 0.29) is 39.8 Å². The number of halogens is 3. The van der Waals surface area contributed by atoms with Gasteiger partial charge in [-0.3, -0.25) is 10.1 Å². The molecule has 2 heterocycles. The Kier molecular flexibility index (Phi) is 7.31. The Hall–Kier alpha value is -2.49. The molecular formula is C27H26Cl2FN3O3S. The van der Waals surface area contributed by atoms with Crippen LogP contribution in [0.1, 0.15) is 24.0 Å². The van der Waals surface area contributed by atoms with Crippen molar-refractivity contribution in [3.63, 3.8) is 0 Å². The molecule has 194 valence electrons. The quantitative estimate of drug-likeness (QED) is 0.466. The van der Waals surface area contributed by atoms with Gasteiger partial charge in [0.2, 0.25) is 15.9 Å². The number of carbonyl (C=O) groups excluding carboxylic acids is 1. The van der Waals surface area contributed by atoms with E-state index in [1.807, 2.05) is 30.3 Å². The minimum absolute atomic E-state index is 0.000478. The molecule has 0 aromatic heterocycles. The smallest absolute Gasteiger partial charge is 0.244 e. The number of hydrogen-bond acceptors (Lipinski definition) is 4. The van der Waals surface area contributed by atoms with Gasteiger partial charge in [0.15, 0.2) is 0 Å². The Balaban J connectivity index is 1.40. The number of piperidine rings is 1. The van der Waals surface area contributed by atoms with Crippen molar-refractivity contribution < 1.29 is 17.6 Å². The van der Waals surface area contributed by atoms with Crippen LogP contribution in [0, 0.1) is 5.82 Å². The molecule has 2 aliphatic heterocycles. The molecule has 5 rings (SSSR count). The number of hydrogen-bond donors (Lipinski definition) is 1. The van der Waals surface area contributed by atoms with E-state index in [4.69, 9.17) is 23.2 Å². The SMILES string of the molecule is O=C1[C@@H](Cc2ccccc2)NC2(CCN(S(=O)(=O)c3cccc(Cl)c3Cl)CC2)N1Cc1ccc(F)cc1. The van der Waals surface area contributed by atoms with Gasteiger partial charge in [0.05, 0.1) is 21.7 Å². The summed E-state index contributed by atoms with van der Waals surface area (Å²) in [6, 6.07) is 19.9. The Morgan fingerprint density at radius 1 is 0.919 bits per heavy atom. The summed E-state index contributed by atoms with van der Waals surface area (Å²) >= 11 is 12.3. The molecule has 10 heteroatoms. The first-order valence-electron chi connectivity index (χ1n) is 12.0. The Bertz CT molecular complexity index is 1400. The number of nitrogens with one attached hydrogen (secondary N) is 1. The Morgan fingerprint density at radius 2 is 1.59 bits per heavy atom. The maximum atomic E-state index is 13.7. The summed E-state index contributed by atoms with van der Waals surface area (Å²) in [6.45, 7) is 0.692. The topological polar surface area (TPSA) is 69.7 Å². The molecule has 3 aromatic carbocycles. The van der Waals surface area contributed by atoms with Gasteiger partial charge in [0, 0.05) is 19.6 Å². The number of sulfonamides is 1. The molecule has 37 heavy (non-hydrogen) atoms. The van der Waals surface area contributed by atoms with Gasteiger partial charge in [-0.05, 0) is 54.7 Å². The van der Waals surface area contributed by atoms with Gasteiger partial charge < -0.3 is 4.90 Å². The van der Waals surface area contributed by atoms with E-state index >= 15 is 0 Å². The highest BCUT2D eigenvalue weighted by atomic mass is 35.5. The van der Waals surface area contributed by atoms with Crippen LogP contribution in [0.3, 0.4) is 0 Å². The van der Waals surface area contributed by atoms with E-state index in [9.17, 15) is 17.6 Å². The fourth-order valence-electron chi connectivity index (χ4n) is 5.19. The number of amides is 1. The third kappa shape index (κ3) is 5.13. The van der Waals surface area contributed by atoms with Crippen LogP contribution in [0.2, 0.25) is 10.0 Å². The van der Waals surface area contributed by atoms with Gasteiger partial charge in [0.1, 0.15) is 10.7 Å². The first-order valence-corrected chi connectivity index (χ1v) is 14.2. The van der Waals surface area contributed by atoms with Gasteiger partial charge in [0.25, 0.3) is 0 Å². The van der Waals surface area contributed by atoms with Gasteiger partial charge in [-0.2, -0.15) is 4.31 Å². The summed E-state index contributed by atoms with van der Waals surface area (Å²) in [7, 11) is -3.87. The maximum absolute atomic E-state index is 13.7. The number of benzene rings is 3. The molecule has 1 N–H and O–H groups in total. The van der Waals surface area contributed by atoms with E-state index in [1.165, 1.54) is 22.5 Å². The molecule has 6 nitrogen and oxygen atoms in total. The van der Waals surface area contributed by atoms with Crippen molar-refractivity contribution in [2.75, 3.05) is 13.1 Å². The standard InChI is InChI=1S/C27H26Cl2FN3O3S/c28-22-7-4-8-24(25(22)29)37(35,36)32-15-13-27(14-16-32)31-23(17-19-5-2-1-3-6-19)26(34)33(27)18-20-9-11-21(30)12-10-20/h1-12,23,31H,13-18H2/t23-/m1/s1. The summed E-state index contributed by atoms with van der Waals surface area (Å²) in [6.07, 6.45) is 1.30. The molecule has 2 fully saturated rings.